The average molecular weight is 422 g/mol. The van der Waals surface area contributed by atoms with Gasteiger partial charge >= 0.3 is 0 Å². The van der Waals surface area contributed by atoms with Crippen LogP contribution in [0.5, 0.6) is 5.75 Å². The van der Waals surface area contributed by atoms with Crippen molar-refractivity contribution in [2.45, 2.75) is 13.5 Å². The van der Waals surface area contributed by atoms with Gasteiger partial charge < -0.3 is 14.5 Å². The minimum absolute atomic E-state index is 0.130. The van der Waals surface area contributed by atoms with Gasteiger partial charge in [0, 0.05) is 19.6 Å². The Morgan fingerprint density at radius 3 is 2.35 bits per heavy atom. The Morgan fingerprint density at radius 2 is 1.65 bits per heavy atom. The molecule has 1 aliphatic rings. The lowest BCUT2D eigenvalue weighted by Crippen LogP contribution is -2.35. The fourth-order valence-electron chi connectivity index (χ4n) is 4.08. The second kappa shape index (κ2) is 8.76. The zero-order chi connectivity index (χ0) is 22.0. The van der Waals surface area contributed by atoms with E-state index in [2.05, 4.69) is 24.0 Å². The van der Waals surface area contributed by atoms with E-state index in [1.807, 2.05) is 42.5 Å². The summed E-state index contributed by atoms with van der Waals surface area (Å²) in [5.41, 5.74) is 2.56. The molecule has 4 rings (SSSR count). The van der Waals surface area contributed by atoms with Gasteiger partial charge in [0.05, 0.1) is 24.0 Å². The number of hydrogen-bond donors (Lipinski definition) is 0. The predicted molar refractivity (Wildman–Crippen MR) is 118 cm³/mol. The summed E-state index contributed by atoms with van der Waals surface area (Å²) in [5, 5.41) is 0. The van der Waals surface area contributed by atoms with Crippen LogP contribution in [0.2, 0.25) is 0 Å². The highest BCUT2D eigenvalue weighted by Gasteiger charge is 2.31. The molecule has 6 heteroatoms. The number of anilines is 2. The number of carbonyl (C=O) groups is 1. The van der Waals surface area contributed by atoms with E-state index in [-0.39, 0.29) is 11.5 Å². The van der Waals surface area contributed by atoms with E-state index in [9.17, 15) is 13.6 Å². The smallest absolute Gasteiger partial charge is 0.261 e. The molecule has 3 aromatic carbocycles. The highest BCUT2D eigenvalue weighted by Crippen LogP contribution is 2.36. The van der Waals surface area contributed by atoms with Gasteiger partial charge in [-0.25, -0.2) is 8.78 Å². The lowest BCUT2D eigenvalue weighted by atomic mass is 10.1. The number of nitrogens with zero attached hydrogens (tertiary/aromatic N) is 2. The highest BCUT2D eigenvalue weighted by molar-refractivity contribution is 6.08. The van der Waals surface area contributed by atoms with E-state index < -0.39 is 23.3 Å². The van der Waals surface area contributed by atoms with Crippen LogP contribution in [0, 0.1) is 17.6 Å². The van der Waals surface area contributed by atoms with Gasteiger partial charge in [0.1, 0.15) is 0 Å². The van der Waals surface area contributed by atoms with E-state index in [4.69, 9.17) is 4.74 Å². The minimum atomic E-state index is -0.983. The molecule has 0 aromatic heterocycles. The predicted octanol–water partition coefficient (Wildman–Crippen LogP) is 5.28. The van der Waals surface area contributed by atoms with Crippen molar-refractivity contribution in [3.05, 3.63) is 89.5 Å². The van der Waals surface area contributed by atoms with Crippen LogP contribution in [0.1, 0.15) is 22.8 Å². The molecule has 1 atom stereocenters. The van der Waals surface area contributed by atoms with Crippen LogP contribution in [-0.4, -0.2) is 26.1 Å². The number of carbonyl (C=O) groups excluding carboxylic acids is 1. The Hall–Kier alpha value is -3.41. The average Bonchev–Trinajstić information content (AvgIpc) is 2.91. The number of benzene rings is 3. The summed E-state index contributed by atoms with van der Waals surface area (Å²) >= 11 is 0. The van der Waals surface area contributed by atoms with Crippen LogP contribution in [0.4, 0.5) is 20.2 Å². The van der Waals surface area contributed by atoms with Crippen molar-refractivity contribution in [3.63, 3.8) is 0 Å². The van der Waals surface area contributed by atoms with Gasteiger partial charge in [0.25, 0.3) is 5.91 Å². The molecule has 1 amide bonds. The van der Waals surface area contributed by atoms with Crippen molar-refractivity contribution >= 4 is 17.3 Å². The van der Waals surface area contributed by atoms with Gasteiger partial charge in [-0.3, -0.25) is 4.79 Å². The quantitative estimate of drug-likeness (QED) is 0.574. The molecule has 3 aromatic rings. The van der Waals surface area contributed by atoms with Crippen LogP contribution in [-0.2, 0) is 6.54 Å². The second-order valence-electron chi connectivity index (χ2n) is 7.82. The van der Waals surface area contributed by atoms with E-state index in [0.717, 1.165) is 18.3 Å². The molecule has 0 spiro atoms. The first-order valence-electron chi connectivity index (χ1n) is 10.2. The van der Waals surface area contributed by atoms with Gasteiger partial charge in [-0.1, -0.05) is 49.4 Å². The maximum atomic E-state index is 14.9. The summed E-state index contributed by atoms with van der Waals surface area (Å²) in [4.78, 5) is 17.2. The maximum absolute atomic E-state index is 14.9. The summed E-state index contributed by atoms with van der Waals surface area (Å²) in [6.07, 6.45) is 0. The maximum Gasteiger partial charge on any atom is 0.261 e. The van der Waals surface area contributed by atoms with Crippen molar-refractivity contribution in [2.24, 2.45) is 5.92 Å². The first-order valence-corrected chi connectivity index (χ1v) is 10.2. The number of hydrogen-bond acceptors (Lipinski definition) is 3. The molecule has 0 saturated heterocycles. The summed E-state index contributed by atoms with van der Waals surface area (Å²) in [6.45, 7) is 3.92. The van der Waals surface area contributed by atoms with Crippen LogP contribution in [0.3, 0.4) is 0 Å². The molecule has 0 saturated carbocycles. The van der Waals surface area contributed by atoms with Crippen molar-refractivity contribution in [1.29, 1.82) is 0 Å². The Balaban J connectivity index is 1.74. The Labute approximate surface area is 180 Å². The fourth-order valence-corrected chi connectivity index (χ4v) is 4.08. The standard InChI is InChI=1S/C25H24F2N2O2/c1-17-14-28(16-18-8-4-3-5-9-18)21-10-6-7-11-22(21)29(15-17)25(30)19-12-13-20(26)24(31-2)23(19)27/h3-13,17H,14-16H2,1-2H3. The summed E-state index contributed by atoms with van der Waals surface area (Å²) < 4.78 is 33.5. The number of ether oxygens (including phenoxy) is 1. The van der Waals surface area contributed by atoms with E-state index >= 15 is 0 Å². The molecule has 0 radical (unpaired) electrons. The Bertz CT molecular complexity index is 1090. The van der Waals surface area contributed by atoms with E-state index in [1.165, 1.54) is 18.7 Å². The van der Waals surface area contributed by atoms with Crippen LogP contribution < -0.4 is 14.5 Å². The van der Waals surface area contributed by atoms with Crippen LogP contribution in [0.15, 0.2) is 66.7 Å². The second-order valence-corrected chi connectivity index (χ2v) is 7.82. The zero-order valence-electron chi connectivity index (χ0n) is 17.5. The highest BCUT2D eigenvalue weighted by atomic mass is 19.1. The number of fused-ring (bicyclic) bond motifs is 1. The van der Waals surface area contributed by atoms with E-state index in [1.54, 1.807) is 4.90 Å². The molecule has 0 bridgehead atoms. The van der Waals surface area contributed by atoms with Crippen LogP contribution >= 0.6 is 0 Å². The third kappa shape index (κ3) is 4.10. The lowest BCUT2D eigenvalue weighted by Gasteiger charge is -2.27. The fraction of sp³-hybridized carbons (Fsp3) is 0.240. The monoisotopic (exact) mass is 422 g/mol. The molecule has 0 aliphatic carbocycles. The molecular weight excluding hydrogens is 398 g/mol. The van der Waals surface area contributed by atoms with Crippen molar-refractivity contribution < 1.29 is 18.3 Å². The summed E-state index contributed by atoms with van der Waals surface area (Å²) in [6, 6.07) is 20.0. The van der Waals surface area contributed by atoms with Gasteiger partial charge in [-0.2, -0.15) is 0 Å². The molecule has 31 heavy (non-hydrogen) atoms. The normalized spacial score (nSPS) is 15.9. The topological polar surface area (TPSA) is 32.8 Å². The summed E-state index contributed by atoms with van der Waals surface area (Å²) in [5.74, 6) is -2.76. The van der Waals surface area contributed by atoms with Crippen molar-refractivity contribution in [3.8, 4) is 5.75 Å². The number of amides is 1. The zero-order valence-corrected chi connectivity index (χ0v) is 17.5. The molecular formula is C25H24F2N2O2. The number of methoxy groups -OCH3 is 1. The molecule has 0 N–H and O–H groups in total. The van der Waals surface area contributed by atoms with Gasteiger partial charge in [-0.05, 0) is 35.7 Å². The first kappa shape index (κ1) is 20.8. The van der Waals surface area contributed by atoms with Crippen LogP contribution in [0.25, 0.3) is 0 Å². The van der Waals surface area contributed by atoms with Crippen molar-refractivity contribution in [2.75, 3.05) is 30.0 Å². The molecule has 4 nitrogen and oxygen atoms in total. The third-order valence-corrected chi connectivity index (χ3v) is 5.48. The molecule has 1 heterocycles. The first-order chi connectivity index (χ1) is 15.0. The number of para-hydroxylation sites is 2. The Morgan fingerprint density at radius 1 is 0.968 bits per heavy atom. The summed E-state index contributed by atoms with van der Waals surface area (Å²) in [7, 11) is 1.18. The molecule has 0 fully saturated rings. The molecule has 1 aliphatic heterocycles. The Kier molecular flexibility index (Phi) is 5.89. The molecule has 160 valence electrons. The SMILES string of the molecule is COc1c(F)ccc(C(=O)N2CC(C)CN(Cc3ccccc3)c3ccccc32)c1F. The van der Waals surface area contributed by atoms with Gasteiger partial charge in [-0.15, -0.1) is 0 Å². The lowest BCUT2D eigenvalue weighted by molar-refractivity contribution is 0.0979. The third-order valence-electron chi connectivity index (χ3n) is 5.48. The number of rotatable bonds is 4. The van der Waals surface area contributed by atoms with Gasteiger partial charge in [0.15, 0.2) is 17.4 Å². The minimum Gasteiger partial charge on any atom is -0.491 e. The van der Waals surface area contributed by atoms with E-state index in [0.29, 0.717) is 18.8 Å². The largest absolute Gasteiger partial charge is 0.491 e. The van der Waals surface area contributed by atoms with Crippen molar-refractivity contribution in [1.82, 2.24) is 0 Å². The molecule has 1 unspecified atom stereocenters. The number of halogens is 2. The van der Waals surface area contributed by atoms with Gasteiger partial charge in [0.2, 0.25) is 0 Å².